The molecule has 10 heteroatoms. The highest BCUT2D eigenvalue weighted by Crippen LogP contribution is 2.38. The second kappa shape index (κ2) is 7.84. The Labute approximate surface area is 166 Å². The molecule has 140 valence electrons. The first kappa shape index (κ1) is 19.6. The summed E-state index contributed by atoms with van der Waals surface area (Å²) in [5, 5.41) is 3.45. The molecule has 27 heavy (non-hydrogen) atoms. The van der Waals surface area contributed by atoms with Crippen molar-refractivity contribution in [3.63, 3.8) is 0 Å². The highest BCUT2D eigenvalue weighted by atomic mass is 35.5. The van der Waals surface area contributed by atoms with E-state index in [4.69, 9.17) is 28.9 Å². The van der Waals surface area contributed by atoms with Gasteiger partial charge in [0.2, 0.25) is 0 Å². The van der Waals surface area contributed by atoms with Gasteiger partial charge in [-0.3, -0.25) is 0 Å². The molecular weight excluding hydrogens is 420 g/mol. The van der Waals surface area contributed by atoms with Gasteiger partial charge in [-0.1, -0.05) is 35.0 Å². The average molecular weight is 431 g/mol. The summed E-state index contributed by atoms with van der Waals surface area (Å²) in [5.74, 6) is 0.192. The van der Waals surface area contributed by atoms with E-state index in [0.29, 0.717) is 10.0 Å². The van der Waals surface area contributed by atoms with Gasteiger partial charge >= 0.3 is 6.18 Å². The van der Waals surface area contributed by atoms with Crippen molar-refractivity contribution in [2.24, 2.45) is 0 Å². The fraction of sp³-hybridized carbons (Fsp3) is 0.0588. The summed E-state index contributed by atoms with van der Waals surface area (Å²) in [7, 11) is 0. The lowest BCUT2D eigenvalue weighted by Gasteiger charge is -2.14. The summed E-state index contributed by atoms with van der Waals surface area (Å²) in [6.07, 6.45) is -3.29. The summed E-state index contributed by atoms with van der Waals surface area (Å²) in [6, 6.07) is 10.5. The highest BCUT2D eigenvalue weighted by molar-refractivity contribution is 7.99. The van der Waals surface area contributed by atoms with Crippen molar-refractivity contribution in [1.29, 1.82) is 0 Å². The average Bonchev–Trinajstić information content (AvgIpc) is 2.61. The number of rotatable bonds is 4. The van der Waals surface area contributed by atoms with Crippen LogP contribution in [0.5, 0.6) is 0 Å². The third-order valence-electron chi connectivity index (χ3n) is 3.41. The lowest BCUT2D eigenvalue weighted by molar-refractivity contribution is -0.137. The highest BCUT2D eigenvalue weighted by Gasteiger charge is 2.33. The second-order valence-corrected chi connectivity index (χ2v) is 7.22. The van der Waals surface area contributed by atoms with Crippen LogP contribution in [0.1, 0.15) is 5.56 Å². The fourth-order valence-electron chi connectivity index (χ4n) is 2.13. The summed E-state index contributed by atoms with van der Waals surface area (Å²) in [4.78, 5) is 8.98. The van der Waals surface area contributed by atoms with E-state index >= 15 is 0 Å². The maximum Gasteiger partial charge on any atom is 0.417 e. The Balaban J connectivity index is 1.87. The van der Waals surface area contributed by atoms with Crippen molar-refractivity contribution in [1.82, 2.24) is 9.97 Å². The maximum absolute atomic E-state index is 13.0. The van der Waals surface area contributed by atoms with E-state index in [-0.39, 0.29) is 22.2 Å². The molecule has 4 nitrogen and oxygen atoms in total. The Morgan fingerprint density at radius 3 is 2.37 bits per heavy atom. The molecule has 0 amide bonds. The lowest BCUT2D eigenvalue weighted by Crippen LogP contribution is -2.07. The van der Waals surface area contributed by atoms with Gasteiger partial charge in [-0.2, -0.15) is 13.2 Å². The van der Waals surface area contributed by atoms with E-state index in [1.165, 1.54) is 24.2 Å². The van der Waals surface area contributed by atoms with E-state index in [2.05, 4.69) is 15.3 Å². The third-order valence-corrected chi connectivity index (χ3v) is 5.02. The number of nitrogens with two attached hydrogens (primary N) is 1. The van der Waals surface area contributed by atoms with Crippen molar-refractivity contribution in [3.8, 4) is 0 Å². The van der Waals surface area contributed by atoms with Crippen LogP contribution in [-0.4, -0.2) is 9.97 Å². The Kier molecular flexibility index (Phi) is 5.69. The van der Waals surface area contributed by atoms with Gasteiger partial charge < -0.3 is 11.1 Å². The van der Waals surface area contributed by atoms with Crippen molar-refractivity contribution in [3.05, 3.63) is 64.4 Å². The van der Waals surface area contributed by atoms with Crippen LogP contribution in [0.3, 0.4) is 0 Å². The first-order valence-corrected chi connectivity index (χ1v) is 8.99. The molecule has 0 saturated heterocycles. The number of hydrogen-bond donors (Lipinski definition) is 2. The lowest BCUT2D eigenvalue weighted by atomic mass is 10.2. The Hall–Kier alpha value is -2.16. The van der Waals surface area contributed by atoms with Crippen LogP contribution in [0.15, 0.2) is 58.7 Å². The van der Waals surface area contributed by atoms with Crippen molar-refractivity contribution in [2.45, 2.75) is 16.1 Å². The predicted octanol–water partition coefficient (Wildman–Crippen LogP) is 6.28. The number of nitrogen functional groups attached to an aromatic ring is 1. The number of anilines is 3. The van der Waals surface area contributed by atoms with Gasteiger partial charge in [0.05, 0.1) is 10.6 Å². The van der Waals surface area contributed by atoms with E-state index < -0.39 is 11.7 Å². The molecule has 0 radical (unpaired) electrons. The molecule has 3 N–H and O–H groups in total. The van der Waals surface area contributed by atoms with Crippen LogP contribution in [0, 0.1) is 0 Å². The third kappa shape index (κ3) is 4.77. The van der Waals surface area contributed by atoms with Crippen molar-refractivity contribution in [2.75, 3.05) is 11.1 Å². The number of nitrogens with one attached hydrogen (secondary N) is 1. The monoisotopic (exact) mass is 430 g/mol. The van der Waals surface area contributed by atoms with Gasteiger partial charge in [0.1, 0.15) is 17.0 Å². The number of aromatic nitrogens is 2. The molecule has 0 aliphatic rings. The number of halogens is 5. The standard InChI is InChI=1S/C17H11Cl2F3N4S/c18-9-1-4-11(5-2-9)27-16-14(23)15(24-8-25-16)26-10-3-6-13(19)12(7-10)17(20,21)22/h1-8H,23H2,(H,24,25,26). The smallest absolute Gasteiger partial charge is 0.394 e. The van der Waals surface area contributed by atoms with E-state index in [0.717, 1.165) is 17.0 Å². The minimum absolute atomic E-state index is 0.152. The number of benzene rings is 2. The molecule has 2 aromatic carbocycles. The number of nitrogens with zero attached hydrogens (tertiary/aromatic N) is 2. The summed E-state index contributed by atoms with van der Waals surface area (Å²) in [6.45, 7) is 0. The molecule has 0 atom stereocenters. The number of hydrogen-bond acceptors (Lipinski definition) is 5. The SMILES string of the molecule is Nc1c(Nc2ccc(Cl)c(C(F)(F)F)c2)ncnc1Sc1ccc(Cl)cc1. The second-order valence-electron chi connectivity index (χ2n) is 5.31. The molecule has 3 rings (SSSR count). The first-order chi connectivity index (χ1) is 12.7. The van der Waals surface area contributed by atoms with Gasteiger partial charge in [-0.05, 0) is 42.5 Å². The first-order valence-electron chi connectivity index (χ1n) is 7.41. The van der Waals surface area contributed by atoms with Gasteiger partial charge in [0, 0.05) is 15.6 Å². The molecule has 0 fully saturated rings. The van der Waals surface area contributed by atoms with Crippen molar-refractivity contribution < 1.29 is 13.2 Å². The molecule has 0 bridgehead atoms. The van der Waals surface area contributed by atoms with Gasteiger partial charge in [-0.25, -0.2) is 9.97 Å². The van der Waals surface area contributed by atoms with E-state index in [9.17, 15) is 13.2 Å². The molecule has 0 aliphatic carbocycles. The minimum atomic E-state index is -4.57. The molecule has 0 unspecified atom stereocenters. The zero-order chi connectivity index (χ0) is 19.6. The van der Waals surface area contributed by atoms with Crippen LogP contribution in [0.4, 0.5) is 30.4 Å². The van der Waals surface area contributed by atoms with Gasteiger partial charge in [0.25, 0.3) is 0 Å². The topological polar surface area (TPSA) is 63.8 Å². The van der Waals surface area contributed by atoms with E-state index in [1.54, 1.807) is 24.3 Å². The largest absolute Gasteiger partial charge is 0.417 e. The Morgan fingerprint density at radius 2 is 1.70 bits per heavy atom. The number of alkyl halides is 3. The molecule has 1 aromatic heterocycles. The fourth-order valence-corrected chi connectivity index (χ4v) is 3.28. The molecule has 1 heterocycles. The quantitative estimate of drug-likeness (QED) is 0.476. The maximum atomic E-state index is 13.0. The van der Waals surface area contributed by atoms with Crippen LogP contribution >= 0.6 is 35.0 Å². The zero-order valence-corrected chi connectivity index (χ0v) is 15.7. The molecule has 0 saturated carbocycles. The predicted molar refractivity (Wildman–Crippen MR) is 102 cm³/mol. The summed E-state index contributed by atoms with van der Waals surface area (Å²) >= 11 is 12.8. The molecule has 3 aromatic rings. The van der Waals surface area contributed by atoms with Crippen LogP contribution < -0.4 is 11.1 Å². The van der Waals surface area contributed by atoms with Gasteiger partial charge in [0.15, 0.2) is 5.82 Å². The van der Waals surface area contributed by atoms with Crippen LogP contribution in [-0.2, 0) is 6.18 Å². The Morgan fingerprint density at radius 1 is 1.00 bits per heavy atom. The van der Waals surface area contributed by atoms with Crippen LogP contribution in [0.25, 0.3) is 0 Å². The molecule has 0 spiro atoms. The van der Waals surface area contributed by atoms with Gasteiger partial charge in [-0.15, -0.1) is 0 Å². The van der Waals surface area contributed by atoms with E-state index in [1.807, 2.05) is 0 Å². The molecule has 0 aliphatic heterocycles. The zero-order valence-electron chi connectivity index (χ0n) is 13.4. The summed E-state index contributed by atoms with van der Waals surface area (Å²) < 4.78 is 39.0. The molecular formula is C17H11Cl2F3N4S. The minimum Gasteiger partial charge on any atom is -0.394 e. The normalized spacial score (nSPS) is 11.4. The summed E-state index contributed by atoms with van der Waals surface area (Å²) in [5.41, 5.74) is 5.49. The van der Waals surface area contributed by atoms with Crippen LogP contribution in [0.2, 0.25) is 10.0 Å². The Bertz CT molecular complexity index is 965. The van der Waals surface area contributed by atoms with Crippen molar-refractivity contribution >= 4 is 52.2 Å².